The van der Waals surface area contributed by atoms with E-state index in [1.807, 2.05) is 0 Å². The van der Waals surface area contributed by atoms with Crippen molar-refractivity contribution in [3.63, 3.8) is 0 Å². The summed E-state index contributed by atoms with van der Waals surface area (Å²) in [6.45, 7) is 3.56. The van der Waals surface area contributed by atoms with Gasteiger partial charge in [0, 0.05) is 28.5 Å². The van der Waals surface area contributed by atoms with E-state index < -0.39 is 17.7 Å². The molecule has 0 saturated carbocycles. The van der Waals surface area contributed by atoms with Crippen LogP contribution in [-0.2, 0) is 9.59 Å². The molecule has 4 N–H and O–H groups in total. The zero-order chi connectivity index (χ0) is 25.1. The number of para-hydroxylation sites is 2. The third kappa shape index (κ3) is 5.19. The van der Waals surface area contributed by atoms with E-state index in [-0.39, 0.29) is 5.75 Å². The average molecular weight is 508 g/mol. The van der Waals surface area contributed by atoms with Gasteiger partial charge in [-0.25, -0.2) is 0 Å². The summed E-state index contributed by atoms with van der Waals surface area (Å²) in [7, 11) is 0. The molecular weight excluding hydrogens is 485 g/mol. The number of amides is 2. The molecule has 0 bridgehead atoms. The van der Waals surface area contributed by atoms with E-state index in [1.54, 1.807) is 74.5 Å². The van der Waals surface area contributed by atoms with E-state index in [0.717, 1.165) is 0 Å². The maximum absolute atomic E-state index is 13.6. The molecule has 3 aromatic carbocycles. The molecule has 0 fully saturated rings. The lowest BCUT2D eigenvalue weighted by atomic mass is 9.79. The quantitative estimate of drug-likeness (QED) is 0.330. The molecule has 8 heteroatoms. The van der Waals surface area contributed by atoms with E-state index in [4.69, 9.17) is 23.2 Å². The molecule has 4 rings (SSSR count). The zero-order valence-corrected chi connectivity index (χ0v) is 20.5. The summed E-state index contributed by atoms with van der Waals surface area (Å²) >= 11 is 12.5. The molecule has 1 heterocycles. The predicted molar refractivity (Wildman–Crippen MR) is 140 cm³/mol. The third-order valence-electron chi connectivity index (χ3n) is 5.72. The van der Waals surface area contributed by atoms with Gasteiger partial charge < -0.3 is 21.1 Å². The number of hydrogen-bond acceptors (Lipinski definition) is 4. The van der Waals surface area contributed by atoms with Crippen LogP contribution in [0.15, 0.2) is 95.3 Å². The van der Waals surface area contributed by atoms with E-state index in [1.165, 1.54) is 12.1 Å². The van der Waals surface area contributed by atoms with Crippen LogP contribution in [0.25, 0.3) is 0 Å². The summed E-state index contributed by atoms with van der Waals surface area (Å²) in [5.74, 6) is -1.46. The van der Waals surface area contributed by atoms with Crippen LogP contribution in [0.1, 0.15) is 25.3 Å². The molecule has 35 heavy (non-hydrogen) atoms. The van der Waals surface area contributed by atoms with Gasteiger partial charge in [0.15, 0.2) is 0 Å². The lowest BCUT2D eigenvalue weighted by Gasteiger charge is -2.31. The Morgan fingerprint density at radius 2 is 1.17 bits per heavy atom. The largest absolute Gasteiger partial charge is 0.508 e. The van der Waals surface area contributed by atoms with Crippen molar-refractivity contribution in [2.45, 2.75) is 19.8 Å². The molecule has 0 spiro atoms. The topological polar surface area (TPSA) is 90.5 Å². The third-order valence-corrected chi connectivity index (χ3v) is 6.38. The highest BCUT2D eigenvalue weighted by Gasteiger charge is 2.36. The van der Waals surface area contributed by atoms with Crippen molar-refractivity contribution in [3.05, 3.63) is 111 Å². The molecule has 0 radical (unpaired) electrons. The van der Waals surface area contributed by atoms with Crippen molar-refractivity contribution in [1.82, 2.24) is 5.32 Å². The van der Waals surface area contributed by atoms with Gasteiger partial charge in [0.1, 0.15) is 5.75 Å². The van der Waals surface area contributed by atoms with Crippen LogP contribution in [0.5, 0.6) is 5.75 Å². The Hall–Kier alpha value is -3.74. The monoisotopic (exact) mass is 507 g/mol. The van der Waals surface area contributed by atoms with Gasteiger partial charge >= 0.3 is 0 Å². The van der Waals surface area contributed by atoms with Crippen molar-refractivity contribution >= 4 is 46.4 Å². The normalized spacial score (nSPS) is 13.9. The zero-order valence-electron chi connectivity index (χ0n) is 19.0. The summed E-state index contributed by atoms with van der Waals surface area (Å²) < 4.78 is 0. The van der Waals surface area contributed by atoms with E-state index in [2.05, 4.69) is 16.0 Å². The molecule has 178 valence electrons. The molecular formula is C27H23Cl2N3O3. The first-order chi connectivity index (χ1) is 16.8. The van der Waals surface area contributed by atoms with Crippen molar-refractivity contribution in [2.24, 2.45) is 0 Å². The summed E-state index contributed by atoms with van der Waals surface area (Å²) in [4.78, 5) is 27.2. The maximum Gasteiger partial charge on any atom is 0.254 e. The number of nitrogens with one attached hydrogen (secondary N) is 3. The van der Waals surface area contributed by atoms with Gasteiger partial charge in [0.25, 0.3) is 11.8 Å². The van der Waals surface area contributed by atoms with Crippen LogP contribution in [0.3, 0.4) is 0 Å². The van der Waals surface area contributed by atoms with Gasteiger partial charge in [-0.3, -0.25) is 9.59 Å². The predicted octanol–water partition coefficient (Wildman–Crippen LogP) is 6.21. The first-order valence-electron chi connectivity index (χ1n) is 10.9. The number of benzene rings is 3. The minimum absolute atomic E-state index is 0.0771. The van der Waals surface area contributed by atoms with E-state index in [0.29, 0.717) is 49.5 Å². The second kappa shape index (κ2) is 10.3. The van der Waals surface area contributed by atoms with Crippen molar-refractivity contribution < 1.29 is 14.7 Å². The lowest BCUT2D eigenvalue weighted by Crippen LogP contribution is -2.35. The van der Waals surface area contributed by atoms with E-state index in [9.17, 15) is 14.7 Å². The number of allylic oxidation sites excluding steroid dienone is 2. The van der Waals surface area contributed by atoms with Gasteiger partial charge in [-0.1, -0.05) is 59.6 Å². The molecule has 2 amide bonds. The lowest BCUT2D eigenvalue weighted by molar-refractivity contribution is -0.113. The molecule has 0 atom stereocenters. The molecule has 0 aliphatic carbocycles. The summed E-state index contributed by atoms with van der Waals surface area (Å²) in [6, 6.07) is 20.3. The second-order valence-corrected chi connectivity index (χ2v) is 8.91. The van der Waals surface area contributed by atoms with Gasteiger partial charge in [-0.15, -0.1) is 0 Å². The first-order valence-corrected chi connectivity index (χ1v) is 11.6. The Morgan fingerprint density at radius 1 is 0.743 bits per heavy atom. The molecule has 6 nitrogen and oxygen atoms in total. The number of phenols is 1. The minimum atomic E-state index is -0.721. The number of rotatable bonds is 5. The Labute approximate surface area is 213 Å². The highest BCUT2D eigenvalue weighted by atomic mass is 35.5. The fourth-order valence-corrected chi connectivity index (χ4v) is 4.47. The molecule has 0 unspecified atom stereocenters. The standard InChI is InChI=1S/C27H23Cl2N3O3/c1-15-23(26(34)31-21-9-5-3-7-19(21)28)25(17-11-13-18(33)14-12-17)24(16(2)30-15)27(35)32-22-10-6-4-8-20(22)29/h3-14,25,30,33H,1-2H3,(H,31,34)(H,32,35). The number of aromatic hydroxyl groups is 1. The number of carbonyl (C=O) groups excluding carboxylic acids is 2. The fraction of sp³-hybridized carbons (Fsp3) is 0.111. The van der Waals surface area contributed by atoms with Gasteiger partial charge in [0.2, 0.25) is 0 Å². The first kappa shape index (κ1) is 24.4. The number of halogens is 2. The summed E-state index contributed by atoms with van der Waals surface area (Å²) in [5, 5.41) is 19.5. The number of anilines is 2. The number of hydrogen-bond donors (Lipinski definition) is 4. The molecule has 3 aromatic rings. The molecule has 1 aliphatic rings. The van der Waals surface area contributed by atoms with Crippen molar-refractivity contribution in [2.75, 3.05) is 10.6 Å². The Balaban J connectivity index is 1.78. The maximum atomic E-state index is 13.6. The molecule has 0 aromatic heterocycles. The smallest absolute Gasteiger partial charge is 0.254 e. The van der Waals surface area contributed by atoms with Gasteiger partial charge in [0.05, 0.1) is 21.4 Å². The number of dihydropyridines is 1. The Bertz CT molecular complexity index is 1280. The van der Waals surface area contributed by atoms with Crippen LogP contribution in [0.2, 0.25) is 10.0 Å². The summed E-state index contributed by atoms with van der Waals surface area (Å²) in [5.41, 5.74) is 3.47. The fourth-order valence-electron chi connectivity index (χ4n) is 4.10. The second-order valence-electron chi connectivity index (χ2n) is 8.09. The highest BCUT2D eigenvalue weighted by Crippen LogP contribution is 2.40. The minimum Gasteiger partial charge on any atom is -0.508 e. The van der Waals surface area contributed by atoms with Crippen LogP contribution >= 0.6 is 23.2 Å². The highest BCUT2D eigenvalue weighted by molar-refractivity contribution is 6.34. The van der Waals surface area contributed by atoms with Crippen LogP contribution < -0.4 is 16.0 Å². The molecule has 1 aliphatic heterocycles. The van der Waals surface area contributed by atoms with Crippen molar-refractivity contribution in [1.29, 1.82) is 0 Å². The number of carbonyl (C=O) groups is 2. The Kier molecular flexibility index (Phi) is 7.15. The van der Waals surface area contributed by atoms with E-state index >= 15 is 0 Å². The van der Waals surface area contributed by atoms with Crippen LogP contribution in [0.4, 0.5) is 11.4 Å². The number of phenolic OH excluding ortho intramolecular Hbond substituents is 1. The SMILES string of the molecule is CC1=C(C(=O)Nc2ccccc2Cl)C(c2ccc(O)cc2)C(C(=O)Nc2ccccc2Cl)=C(C)N1. The van der Waals surface area contributed by atoms with Crippen LogP contribution in [0, 0.1) is 0 Å². The summed E-state index contributed by atoms with van der Waals surface area (Å²) in [6.07, 6.45) is 0. The van der Waals surface area contributed by atoms with Gasteiger partial charge in [-0.05, 0) is 55.8 Å². The molecule has 0 saturated heterocycles. The Morgan fingerprint density at radius 3 is 1.60 bits per heavy atom. The average Bonchev–Trinajstić information content (AvgIpc) is 2.82. The van der Waals surface area contributed by atoms with Crippen LogP contribution in [-0.4, -0.2) is 16.9 Å². The van der Waals surface area contributed by atoms with Crippen molar-refractivity contribution in [3.8, 4) is 5.75 Å². The van der Waals surface area contributed by atoms with Gasteiger partial charge in [-0.2, -0.15) is 0 Å².